The quantitative estimate of drug-likeness (QED) is 0.661. The fourth-order valence-corrected chi connectivity index (χ4v) is 3.38. The molecule has 21 heavy (non-hydrogen) atoms. The number of hydrogen-bond acceptors (Lipinski definition) is 3. The molecule has 0 fully saturated rings. The Hall–Kier alpha value is -1.65. The molecule has 0 spiro atoms. The second-order valence-corrected chi connectivity index (χ2v) is 6.46. The van der Waals surface area contributed by atoms with Crippen LogP contribution < -0.4 is 11.1 Å². The molecule has 0 unspecified atom stereocenters. The Morgan fingerprint density at radius 2 is 1.95 bits per heavy atom. The SMILES string of the molecule is Nc1cc2c(cc1SCc1ccc(Cl)cc1)CCC(=O)N2. The van der Waals surface area contributed by atoms with Gasteiger partial charge in [-0.1, -0.05) is 23.7 Å². The normalized spacial score (nSPS) is 13.7. The van der Waals surface area contributed by atoms with Gasteiger partial charge in [-0.05, 0) is 41.8 Å². The molecule has 0 atom stereocenters. The second-order valence-electron chi connectivity index (χ2n) is 5.01. The number of nitrogens with one attached hydrogen (secondary N) is 1. The Morgan fingerprint density at radius 1 is 1.19 bits per heavy atom. The number of fused-ring (bicyclic) bond motifs is 1. The summed E-state index contributed by atoms with van der Waals surface area (Å²) < 4.78 is 0. The lowest BCUT2D eigenvalue weighted by molar-refractivity contribution is -0.116. The first-order chi connectivity index (χ1) is 10.1. The summed E-state index contributed by atoms with van der Waals surface area (Å²) in [5.41, 5.74) is 9.99. The number of rotatable bonds is 3. The highest BCUT2D eigenvalue weighted by Gasteiger charge is 2.16. The number of aryl methyl sites for hydroxylation is 1. The molecule has 108 valence electrons. The third-order valence-electron chi connectivity index (χ3n) is 3.44. The van der Waals surface area contributed by atoms with Gasteiger partial charge in [0.2, 0.25) is 5.91 Å². The maximum atomic E-state index is 11.4. The van der Waals surface area contributed by atoms with E-state index in [-0.39, 0.29) is 5.91 Å². The Bertz CT molecular complexity index is 685. The highest BCUT2D eigenvalue weighted by atomic mass is 35.5. The van der Waals surface area contributed by atoms with Gasteiger partial charge in [-0.2, -0.15) is 0 Å². The molecule has 5 heteroatoms. The van der Waals surface area contributed by atoms with Gasteiger partial charge < -0.3 is 11.1 Å². The van der Waals surface area contributed by atoms with E-state index in [0.717, 1.165) is 33.3 Å². The van der Waals surface area contributed by atoms with E-state index >= 15 is 0 Å². The maximum Gasteiger partial charge on any atom is 0.224 e. The zero-order valence-corrected chi connectivity index (χ0v) is 12.9. The summed E-state index contributed by atoms with van der Waals surface area (Å²) in [5.74, 6) is 0.899. The van der Waals surface area contributed by atoms with Gasteiger partial charge in [-0.3, -0.25) is 4.79 Å². The van der Waals surface area contributed by atoms with E-state index in [2.05, 4.69) is 11.4 Å². The van der Waals surface area contributed by atoms with Crippen LogP contribution in [0.5, 0.6) is 0 Å². The van der Waals surface area contributed by atoms with E-state index in [0.29, 0.717) is 12.1 Å². The molecule has 1 heterocycles. The van der Waals surface area contributed by atoms with E-state index in [4.69, 9.17) is 17.3 Å². The van der Waals surface area contributed by atoms with Crippen molar-refractivity contribution in [2.24, 2.45) is 0 Å². The molecule has 0 aromatic heterocycles. The summed E-state index contributed by atoms with van der Waals surface area (Å²) in [6.45, 7) is 0. The third kappa shape index (κ3) is 3.34. The average Bonchev–Trinajstić information content (AvgIpc) is 2.47. The Labute approximate surface area is 132 Å². The topological polar surface area (TPSA) is 55.1 Å². The third-order valence-corrected chi connectivity index (χ3v) is 4.83. The Kier molecular flexibility index (Phi) is 4.08. The van der Waals surface area contributed by atoms with Crippen molar-refractivity contribution < 1.29 is 4.79 Å². The molecule has 1 aliphatic rings. The van der Waals surface area contributed by atoms with Crippen LogP contribution in [0.2, 0.25) is 5.02 Å². The van der Waals surface area contributed by atoms with Crippen molar-refractivity contribution in [1.29, 1.82) is 0 Å². The minimum absolute atomic E-state index is 0.0588. The van der Waals surface area contributed by atoms with Crippen molar-refractivity contribution >= 4 is 40.6 Å². The van der Waals surface area contributed by atoms with E-state index < -0.39 is 0 Å². The minimum atomic E-state index is 0.0588. The van der Waals surface area contributed by atoms with Crippen LogP contribution in [0.4, 0.5) is 11.4 Å². The lowest BCUT2D eigenvalue weighted by Gasteiger charge is -2.19. The number of thioether (sulfide) groups is 1. The molecule has 1 aliphatic heterocycles. The number of nitrogens with two attached hydrogens (primary N) is 1. The number of nitrogen functional groups attached to an aromatic ring is 1. The van der Waals surface area contributed by atoms with Crippen molar-refractivity contribution in [3.05, 3.63) is 52.5 Å². The van der Waals surface area contributed by atoms with Gasteiger partial charge in [0.15, 0.2) is 0 Å². The predicted octanol–water partition coefficient (Wildman–Crippen LogP) is 4.10. The summed E-state index contributed by atoms with van der Waals surface area (Å²) in [6.07, 6.45) is 1.31. The van der Waals surface area contributed by atoms with Crippen LogP contribution in [0, 0.1) is 0 Å². The van der Waals surface area contributed by atoms with Crippen LogP contribution in [-0.4, -0.2) is 5.91 Å². The first kappa shape index (κ1) is 14.3. The van der Waals surface area contributed by atoms with Crippen LogP contribution in [-0.2, 0) is 17.0 Å². The molecule has 2 aromatic rings. The highest BCUT2D eigenvalue weighted by molar-refractivity contribution is 7.98. The van der Waals surface area contributed by atoms with Crippen molar-refractivity contribution in [2.75, 3.05) is 11.1 Å². The number of carbonyl (C=O) groups excluding carboxylic acids is 1. The monoisotopic (exact) mass is 318 g/mol. The van der Waals surface area contributed by atoms with Crippen LogP contribution in [0.25, 0.3) is 0 Å². The molecule has 3 rings (SSSR count). The lowest BCUT2D eigenvalue weighted by Crippen LogP contribution is -2.19. The summed E-state index contributed by atoms with van der Waals surface area (Å²) in [4.78, 5) is 12.4. The van der Waals surface area contributed by atoms with E-state index in [9.17, 15) is 4.79 Å². The number of carbonyl (C=O) groups is 1. The van der Waals surface area contributed by atoms with Crippen molar-refractivity contribution in [1.82, 2.24) is 0 Å². The predicted molar refractivity (Wildman–Crippen MR) is 88.8 cm³/mol. The lowest BCUT2D eigenvalue weighted by atomic mass is 10.0. The summed E-state index contributed by atoms with van der Waals surface area (Å²) in [5, 5.41) is 3.61. The van der Waals surface area contributed by atoms with Crippen LogP contribution in [0.15, 0.2) is 41.3 Å². The number of halogens is 1. The Morgan fingerprint density at radius 3 is 2.71 bits per heavy atom. The van der Waals surface area contributed by atoms with Gasteiger partial charge in [0, 0.05) is 33.5 Å². The number of hydrogen-bond donors (Lipinski definition) is 2. The van der Waals surface area contributed by atoms with E-state index in [1.807, 2.05) is 30.3 Å². The number of amides is 1. The van der Waals surface area contributed by atoms with Gasteiger partial charge in [-0.15, -0.1) is 11.8 Å². The fourth-order valence-electron chi connectivity index (χ4n) is 2.29. The molecular weight excluding hydrogens is 304 g/mol. The maximum absolute atomic E-state index is 11.4. The molecule has 2 aromatic carbocycles. The second kappa shape index (κ2) is 6.00. The van der Waals surface area contributed by atoms with Crippen molar-refractivity contribution in [3.8, 4) is 0 Å². The molecule has 3 nitrogen and oxygen atoms in total. The van der Waals surface area contributed by atoms with Gasteiger partial charge in [-0.25, -0.2) is 0 Å². The summed E-state index contributed by atoms with van der Waals surface area (Å²) >= 11 is 7.58. The standard InChI is InChI=1S/C16H15ClN2OS/c17-12-4-1-10(2-5-12)9-21-15-7-11-3-6-16(20)19-14(11)8-13(15)18/h1-2,4-5,7-8H,3,6,9,18H2,(H,19,20). The average molecular weight is 319 g/mol. The molecule has 0 bridgehead atoms. The van der Waals surface area contributed by atoms with Crippen molar-refractivity contribution in [2.45, 2.75) is 23.5 Å². The highest BCUT2D eigenvalue weighted by Crippen LogP contribution is 2.35. The fraction of sp³-hybridized carbons (Fsp3) is 0.188. The zero-order chi connectivity index (χ0) is 14.8. The number of anilines is 2. The first-order valence-corrected chi connectivity index (χ1v) is 8.07. The molecule has 0 radical (unpaired) electrons. The van der Waals surface area contributed by atoms with Gasteiger partial charge in [0.1, 0.15) is 0 Å². The molecule has 0 aliphatic carbocycles. The molecule has 3 N–H and O–H groups in total. The van der Waals surface area contributed by atoms with Gasteiger partial charge in [0.05, 0.1) is 0 Å². The van der Waals surface area contributed by atoms with Crippen LogP contribution in [0.3, 0.4) is 0 Å². The largest absolute Gasteiger partial charge is 0.398 e. The van der Waals surface area contributed by atoms with E-state index in [1.165, 1.54) is 5.56 Å². The zero-order valence-electron chi connectivity index (χ0n) is 11.4. The van der Waals surface area contributed by atoms with Gasteiger partial charge in [0.25, 0.3) is 0 Å². The molecule has 0 saturated heterocycles. The summed E-state index contributed by atoms with van der Waals surface area (Å²) in [6, 6.07) is 11.8. The molecule has 1 amide bonds. The molecular formula is C16H15ClN2OS. The van der Waals surface area contributed by atoms with Gasteiger partial charge >= 0.3 is 0 Å². The number of benzene rings is 2. The molecule has 0 saturated carbocycles. The van der Waals surface area contributed by atoms with Crippen LogP contribution in [0.1, 0.15) is 17.5 Å². The first-order valence-electron chi connectivity index (χ1n) is 6.71. The van der Waals surface area contributed by atoms with E-state index in [1.54, 1.807) is 11.8 Å². The minimum Gasteiger partial charge on any atom is -0.398 e. The summed E-state index contributed by atoms with van der Waals surface area (Å²) in [7, 11) is 0. The Balaban J connectivity index is 1.76. The smallest absolute Gasteiger partial charge is 0.224 e. The van der Waals surface area contributed by atoms with Crippen molar-refractivity contribution in [3.63, 3.8) is 0 Å². The van der Waals surface area contributed by atoms with Crippen LogP contribution >= 0.6 is 23.4 Å².